The molecule has 16 heteroatoms. The molecular formula is C36H46N8O7S. The number of sulfonamides is 1. The van der Waals surface area contributed by atoms with Crippen LogP contribution in [0.4, 0.5) is 4.79 Å². The summed E-state index contributed by atoms with van der Waals surface area (Å²) in [7, 11) is -3.90. The maximum atomic E-state index is 14.5. The molecule has 3 aliphatic rings. The number of benzene rings is 2. The van der Waals surface area contributed by atoms with Crippen LogP contribution in [0.25, 0.3) is 22.2 Å². The van der Waals surface area contributed by atoms with Crippen molar-refractivity contribution in [2.75, 3.05) is 6.54 Å². The highest BCUT2D eigenvalue weighted by atomic mass is 32.2. The van der Waals surface area contributed by atoms with Crippen molar-refractivity contribution in [3.8, 4) is 11.4 Å². The molecular weight excluding hydrogens is 689 g/mol. The Kier molecular flexibility index (Phi) is 9.43. The largest absolute Gasteiger partial charge is 0.444 e. The average molecular weight is 735 g/mol. The third-order valence-electron chi connectivity index (χ3n) is 9.67. The average Bonchev–Trinajstić information content (AvgIpc) is 3.94. The number of likely N-dealkylation sites (tertiary alicyclic amines) is 1. The van der Waals surface area contributed by atoms with Crippen LogP contribution in [0, 0.1) is 11.3 Å². The molecule has 0 radical (unpaired) electrons. The van der Waals surface area contributed by atoms with Crippen LogP contribution >= 0.6 is 0 Å². The van der Waals surface area contributed by atoms with Gasteiger partial charge in [-0.05, 0) is 61.4 Å². The fourth-order valence-corrected chi connectivity index (χ4v) is 8.00. The Morgan fingerprint density at radius 2 is 1.73 bits per heavy atom. The van der Waals surface area contributed by atoms with E-state index in [1.165, 1.54) is 15.8 Å². The second-order valence-electron chi connectivity index (χ2n) is 16.0. The number of hydrogen-bond donors (Lipinski definition) is 3. The normalized spacial score (nSPS) is 23.8. The van der Waals surface area contributed by atoms with Gasteiger partial charge in [-0.2, -0.15) is 4.80 Å². The van der Waals surface area contributed by atoms with Gasteiger partial charge in [-0.15, -0.1) is 16.8 Å². The standard InChI is InChI=1S/C36H46N8O7S/c1-8-22-19-36(22,32(47)41-52(49,50)24-16-17-24)38-30(45)27-18-23(20-43(27)31(46)28(34(2,3)4)37-33(48)51-35(5,6)7)44-40-29(39-42-44)26-15-11-13-21-12-9-10-14-25(21)26/h8-15,22-24,27-28H,1,16-20H2,2-7H3,(H,37,48)(H,38,45)(H,41,47)/t22-,23-,27+,28-,36-/m1/s1. The first-order chi connectivity index (χ1) is 24.3. The number of carbonyl (C=O) groups is 4. The SMILES string of the molecule is C=C[C@@H]1C[C@]1(NC(=O)[C@@H]1C[C@@H](n2nnc(-c3cccc4ccccc34)n2)CN1C(=O)[C@@H](NC(=O)OC(C)(C)C)C(C)(C)C)C(=O)NS(=O)(=O)C1CC1. The lowest BCUT2D eigenvalue weighted by molar-refractivity contribution is -0.143. The molecule has 0 spiro atoms. The van der Waals surface area contributed by atoms with E-state index < -0.39 is 79.7 Å². The van der Waals surface area contributed by atoms with Crippen molar-refractivity contribution in [2.24, 2.45) is 11.3 Å². The summed E-state index contributed by atoms with van der Waals surface area (Å²) >= 11 is 0. The molecule has 3 N–H and O–H groups in total. The number of rotatable bonds is 10. The van der Waals surface area contributed by atoms with Gasteiger partial charge in [-0.25, -0.2) is 13.2 Å². The first-order valence-corrected chi connectivity index (χ1v) is 19.0. The Bertz CT molecular complexity index is 2030. The molecule has 0 bridgehead atoms. The highest BCUT2D eigenvalue weighted by molar-refractivity contribution is 7.91. The highest BCUT2D eigenvalue weighted by Gasteiger charge is 2.62. The van der Waals surface area contributed by atoms with Gasteiger partial charge in [-0.1, -0.05) is 69.3 Å². The zero-order chi connectivity index (χ0) is 37.8. The van der Waals surface area contributed by atoms with Crippen LogP contribution in [-0.2, 0) is 29.1 Å². The molecule has 4 amide bonds. The molecule has 2 heterocycles. The Morgan fingerprint density at radius 3 is 2.37 bits per heavy atom. The Balaban J connectivity index is 1.31. The summed E-state index contributed by atoms with van der Waals surface area (Å²) in [6.45, 7) is 14.2. The fraction of sp³-hybridized carbons (Fsp3) is 0.528. The lowest BCUT2D eigenvalue weighted by Gasteiger charge is -2.36. The van der Waals surface area contributed by atoms with Gasteiger partial charge >= 0.3 is 6.09 Å². The molecule has 3 aromatic rings. The fourth-order valence-electron chi connectivity index (χ4n) is 6.64. The lowest BCUT2D eigenvalue weighted by atomic mass is 9.85. The molecule has 1 aromatic heterocycles. The number of aromatic nitrogens is 4. The summed E-state index contributed by atoms with van der Waals surface area (Å²) in [5.74, 6) is -2.23. The molecule has 3 fully saturated rings. The molecule has 2 aliphatic carbocycles. The van der Waals surface area contributed by atoms with Crippen molar-refractivity contribution >= 4 is 44.6 Å². The number of hydrogen-bond acceptors (Lipinski definition) is 10. The van der Waals surface area contributed by atoms with Crippen LogP contribution in [0.5, 0.6) is 0 Å². The van der Waals surface area contributed by atoms with Gasteiger partial charge in [0.2, 0.25) is 27.7 Å². The van der Waals surface area contributed by atoms with Gasteiger partial charge in [-0.3, -0.25) is 19.1 Å². The van der Waals surface area contributed by atoms with E-state index in [0.717, 1.165) is 16.3 Å². The van der Waals surface area contributed by atoms with Crippen molar-refractivity contribution in [3.05, 3.63) is 55.1 Å². The Labute approximate surface area is 302 Å². The Morgan fingerprint density at radius 1 is 1.04 bits per heavy atom. The summed E-state index contributed by atoms with van der Waals surface area (Å²) in [6, 6.07) is 10.7. The van der Waals surface area contributed by atoms with Crippen LogP contribution in [0.1, 0.15) is 73.3 Å². The second-order valence-corrected chi connectivity index (χ2v) is 17.9. The zero-order valence-electron chi connectivity index (χ0n) is 30.3. The number of carbonyl (C=O) groups excluding carboxylic acids is 4. The van der Waals surface area contributed by atoms with Crippen molar-refractivity contribution < 1.29 is 32.3 Å². The number of fused-ring (bicyclic) bond motifs is 1. The van der Waals surface area contributed by atoms with E-state index >= 15 is 0 Å². The molecule has 1 aliphatic heterocycles. The molecule has 15 nitrogen and oxygen atoms in total. The monoisotopic (exact) mass is 734 g/mol. The quantitative estimate of drug-likeness (QED) is 0.260. The van der Waals surface area contributed by atoms with Gasteiger partial charge in [0.1, 0.15) is 23.2 Å². The van der Waals surface area contributed by atoms with E-state index in [2.05, 4.69) is 37.3 Å². The van der Waals surface area contributed by atoms with Crippen LogP contribution in [0.2, 0.25) is 0 Å². The van der Waals surface area contributed by atoms with Crippen molar-refractivity contribution in [1.82, 2.24) is 40.5 Å². The van der Waals surface area contributed by atoms with Crippen molar-refractivity contribution in [3.63, 3.8) is 0 Å². The topological polar surface area (TPSA) is 195 Å². The maximum Gasteiger partial charge on any atom is 0.408 e. The smallest absolute Gasteiger partial charge is 0.408 e. The molecule has 2 aromatic carbocycles. The van der Waals surface area contributed by atoms with Crippen LogP contribution in [-0.4, -0.2) is 92.4 Å². The van der Waals surface area contributed by atoms with Crippen LogP contribution < -0.4 is 15.4 Å². The van der Waals surface area contributed by atoms with E-state index in [-0.39, 0.29) is 19.4 Å². The van der Waals surface area contributed by atoms with Gasteiger partial charge in [0.25, 0.3) is 5.91 Å². The minimum Gasteiger partial charge on any atom is -0.444 e. The van der Waals surface area contributed by atoms with E-state index in [1.807, 2.05) is 42.5 Å². The first kappa shape index (κ1) is 36.9. The maximum absolute atomic E-state index is 14.5. The number of nitrogens with one attached hydrogen (secondary N) is 3. The molecule has 0 unspecified atom stereocenters. The number of ether oxygens (including phenoxy) is 1. The van der Waals surface area contributed by atoms with Crippen molar-refractivity contribution in [1.29, 1.82) is 0 Å². The third-order valence-corrected chi connectivity index (χ3v) is 11.5. The predicted molar refractivity (Wildman–Crippen MR) is 192 cm³/mol. The molecule has 6 rings (SSSR count). The minimum atomic E-state index is -3.90. The molecule has 5 atom stereocenters. The van der Waals surface area contributed by atoms with Gasteiger partial charge in [0.15, 0.2) is 0 Å². The van der Waals surface area contributed by atoms with Gasteiger partial charge in [0.05, 0.1) is 11.3 Å². The molecule has 1 saturated heterocycles. The van der Waals surface area contributed by atoms with Crippen LogP contribution in [0.15, 0.2) is 55.1 Å². The van der Waals surface area contributed by atoms with Gasteiger partial charge < -0.3 is 20.3 Å². The Hall–Kier alpha value is -4.86. The zero-order valence-corrected chi connectivity index (χ0v) is 31.1. The summed E-state index contributed by atoms with van der Waals surface area (Å²) in [5, 5.41) is 20.1. The summed E-state index contributed by atoms with van der Waals surface area (Å²) in [6.07, 6.45) is 1.80. The van der Waals surface area contributed by atoms with E-state index in [1.54, 1.807) is 41.5 Å². The summed E-state index contributed by atoms with van der Waals surface area (Å²) in [5.41, 5.74) is -2.44. The lowest BCUT2D eigenvalue weighted by Crippen LogP contribution is -2.60. The molecule has 2 saturated carbocycles. The highest BCUT2D eigenvalue weighted by Crippen LogP contribution is 2.46. The van der Waals surface area contributed by atoms with E-state index in [9.17, 15) is 27.6 Å². The third kappa shape index (κ3) is 7.52. The number of amides is 4. The van der Waals surface area contributed by atoms with Crippen molar-refractivity contribution in [2.45, 2.75) is 102 Å². The number of alkyl carbamates (subject to hydrolysis) is 1. The summed E-state index contributed by atoms with van der Waals surface area (Å²) in [4.78, 5) is 57.9. The van der Waals surface area contributed by atoms with E-state index in [0.29, 0.717) is 18.7 Å². The van der Waals surface area contributed by atoms with Gasteiger partial charge in [0, 0.05) is 24.4 Å². The second kappa shape index (κ2) is 13.3. The molecule has 278 valence electrons. The number of tetrazole rings is 1. The first-order valence-electron chi connectivity index (χ1n) is 17.4. The summed E-state index contributed by atoms with van der Waals surface area (Å²) < 4.78 is 33.0. The van der Waals surface area contributed by atoms with Crippen LogP contribution in [0.3, 0.4) is 0 Å². The molecule has 52 heavy (non-hydrogen) atoms. The van der Waals surface area contributed by atoms with E-state index in [4.69, 9.17) is 4.74 Å². The predicted octanol–water partition coefficient (Wildman–Crippen LogP) is 3.24. The number of nitrogens with zero attached hydrogens (tertiary/aromatic N) is 5. The minimum absolute atomic E-state index is 0.0228.